The monoisotopic (exact) mass is 581 g/mol. The molecule has 206 valence electrons. The Morgan fingerprint density at radius 1 is 0.409 bits per heavy atom. The van der Waals surface area contributed by atoms with Gasteiger partial charge < -0.3 is 4.42 Å². The van der Waals surface area contributed by atoms with E-state index in [1.807, 2.05) is 72.8 Å². The number of para-hydroxylation sites is 1. The molecule has 0 N–H and O–H groups in total. The maximum atomic E-state index is 6.21. The minimum absolute atomic E-state index is 0.658. The SMILES string of the molecule is c1ccc(-c2nc(-c3ccccc3)nc(-c3cccc4sc5ccc(-c6ccc7c(c6)oc6ccccc67)cc5c34)n2)cc1. The summed E-state index contributed by atoms with van der Waals surface area (Å²) in [5.41, 5.74) is 6.97. The lowest BCUT2D eigenvalue weighted by Gasteiger charge is -2.10. The summed E-state index contributed by atoms with van der Waals surface area (Å²) in [4.78, 5) is 15.0. The van der Waals surface area contributed by atoms with Crippen LogP contribution >= 0.6 is 11.3 Å². The Balaban J connectivity index is 1.24. The topological polar surface area (TPSA) is 51.8 Å². The van der Waals surface area contributed by atoms with Gasteiger partial charge >= 0.3 is 0 Å². The Labute approximate surface area is 256 Å². The van der Waals surface area contributed by atoms with Crippen LogP contribution in [0.2, 0.25) is 0 Å². The molecule has 9 rings (SSSR count). The normalized spacial score (nSPS) is 11.6. The highest BCUT2D eigenvalue weighted by atomic mass is 32.1. The van der Waals surface area contributed by atoms with Crippen LogP contribution in [-0.2, 0) is 0 Å². The third kappa shape index (κ3) is 4.09. The van der Waals surface area contributed by atoms with E-state index in [0.717, 1.165) is 55.1 Å². The van der Waals surface area contributed by atoms with Crippen LogP contribution in [0.1, 0.15) is 0 Å². The van der Waals surface area contributed by atoms with Crippen molar-refractivity contribution in [2.75, 3.05) is 0 Å². The van der Waals surface area contributed by atoms with E-state index in [4.69, 9.17) is 19.4 Å². The van der Waals surface area contributed by atoms with Gasteiger partial charge in [0, 0.05) is 47.6 Å². The van der Waals surface area contributed by atoms with Crippen LogP contribution in [0.4, 0.5) is 0 Å². The first-order chi connectivity index (χ1) is 21.8. The van der Waals surface area contributed by atoms with Crippen molar-refractivity contribution in [3.8, 4) is 45.3 Å². The summed E-state index contributed by atoms with van der Waals surface area (Å²) in [5, 5.41) is 4.61. The molecule has 0 spiro atoms. The van der Waals surface area contributed by atoms with Gasteiger partial charge in [0.25, 0.3) is 0 Å². The number of nitrogens with zero attached hydrogens (tertiary/aromatic N) is 3. The first-order valence-electron chi connectivity index (χ1n) is 14.5. The predicted molar refractivity (Wildman–Crippen MR) is 182 cm³/mol. The molecule has 6 aromatic carbocycles. The van der Waals surface area contributed by atoms with Crippen molar-refractivity contribution < 1.29 is 4.42 Å². The van der Waals surface area contributed by atoms with Crippen molar-refractivity contribution in [1.29, 1.82) is 0 Å². The van der Waals surface area contributed by atoms with E-state index >= 15 is 0 Å². The summed E-state index contributed by atoms with van der Waals surface area (Å²) in [5.74, 6) is 1.98. The molecule has 0 fully saturated rings. The summed E-state index contributed by atoms with van der Waals surface area (Å²) in [6.45, 7) is 0. The van der Waals surface area contributed by atoms with Crippen molar-refractivity contribution in [3.63, 3.8) is 0 Å². The lowest BCUT2D eigenvalue weighted by molar-refractivity contribution is 0.669. The number of benzene rings is 6. The van der Waals surface area contributed by atoms with Crippen LogP contribution in [0.3, 0.4) is 0 Å². The highest BCUT2D eigenvalue weighted by Gasteiger charge is 2.17. The molecule has 0 saturated carbocycles. The summed E-state index contributed by atoms with van der Waals surface area (Å²) >= 11 is 1.79. The van der Waals surface area contributed by atoms with E-state index in [-0.39, 0.29) is 0 Å². The first kappa shape index (κ1) is 24.9. The molecule has 3 aromatic heterocycles. The van der Waals surface area contributed by atoms with Gasteiger partial charge in [0.05, 0.1) is 0 Å². The predicted octanol–water partition coefficient (Wildman–Crippen LogP) is 10.8. The number of hydrogen-bond donors (Lipinski definition) is 0. The van der Waals surface area contributed by atoms with E-state index in [1.54, 1.807) is 11.3 Å². The molecule has 0 atom stereocenters. The van der Waals surface area contributed by atoms with Crippen molar-refractivity contribution >= 4 is 53.4 Å². The van der Waals surface area contributed by atoms with Crippen molar-refractivity contribution in [3.05, 3.63) is 140 Å². The molecule has 0 saturated heterocycles. The molecule has 0 unspecified atom stereocenters. The van der Waals surface area contributed by atoms with Gasteiger partial charge in [0.15, 0.2) is 17.5 Å². The number of aromatic nitrogens is 3. The van der Waals surface area contributed by atoms with Crippen LogP contribution in [0.5, 0.6) is 0 Å². The molecule has 0 aliphatic carbocycles. The van der Waals surface area contributed by atoms with Gasteiger partial charge in [-0.3, -0.25) is 0 Å². The van der Waals surface area contributed by atoms with Crippen LogP contribution in [0.25, 0.3) is 87.4 Å². The summed E-state index contributed by atoms with van der Waals surface area (Å²) in [6.07, 6.45) is 0. The molecule has 0 radical (unpaired) electrons. The minimum Gasteiger partial charge on any atom is -0.456 e. The van der Waals surface area contributed by atoms with Crippen molar-refractivity contribution in [1.82, 2.24) is 15.0 Å². The second kappa shape index (κ2) is 9.97. The molecule has 44 heavy (non-hydrogen) atoms. The fraction of sp³-hybridized carbons (Fsp3) is 0. The Morgan fingerprint density at radius 3 is 1.82 bits per heavy atom. The first-order valence-corrected chi connectivity index (χ1v) is 15.3. The summed E-state index contributed by atoms with van der Waals surface area (Å²) in [7, 11) is 0. The van der Waals surface area contributed by atoms with Gasteiger partial charge in [-0.05, 0) is 47.5 Å². The molecule has 4 nitrogen and oxygen atoms in total. The second-order valence-electron chi connectivity index (χ2n) is 10.8. The van der Waals surface area contributed by atoms with Gasteiger partial charge in [-0.15, -0.1) is 11.3 Å². The van der Waals surface area contributed by atoms with E-state index < -0.39 is 0 Å². The Kier molecular flexibility index (Phi) is 5.64. The van der Waals surface area contributed by atoms with Gasteiger partial charge in [0.1, 0.15) is 11.2 Å². The largest absolute Gasteiger partial charge is 0.456 e. The molecular weight excluding hydrogens is 559 g/mol. The quantitative estimate of drug-likeness (QED) is 0.207. The molecule has 0 bridgehead atoms. The Hall–Kier alpha value is -5.65. The lowest BCUT2D eigenvalue weighted by atomic mass is 9.99. The van der Waals surface area contributed by atoms with Gasteiger partial charge in [-0.25, -0.2) is 15.0 Å². The highest BCUT2D eigenvalue weighted by molar-refractivity contribution is 7.26. The van der Waals surface area contributed by atoms with Gasteiger partial charge in [-0.1, -0.05) is 103 Å². The van der Waals surface area contributed by atoms with Crippen LogP contribution < -0.4 is 0 Å². The number of hydrogen-bond acceptors (Lipinski definition) is 5. The van der Waals surface area contributed by atoms with E-state index in [2.05, 4.69) is 66.7 Å². The number of thiophene rings is 1. The average molecular weight is 582 g/mol. The number of rotatable bonds is 4. The highest BCUT2D eigenvalue weighted by Crippen LogP contribution is 2.42. The lowest BCUT2D eigenvalue weighted by Crippen LogP contribution is -2.00. The zero-order chi connectivity index (χ0) is 29.0. The van der Waals surface area contributed by atoms with Crippen LogP contribution in [0.15, 0.2) is 144 Å². The third-order valence-electron chi connectivity index (χ3n) is 8.15. The smallest absolute Gasteiger partial charge is 0.164 e. The van der Waals surface area contributed by atoms with Crippen LogP contribution in [0, 0.1) is 0 Å². The molecule has 0 aliphatic rings. The zero-order valence-corrected chi connectivity index (χ0v) is 24.3. The van der Waals surface area contributed by atoms with E-state index in [0.29, 0.717) is 17.5 Å². The van der Waals surface area contributed by atoms with Gasteiger partial charge in [0.2, 0.25) is 0 Å². The maximum Gasteiger partial charge on any atom is 0.164 e. The number of fused-ring (bicyclic) bond motifs is 6. The van der Waals surface area contributed by atoms with Crippen molar-refractivity contribution in [2.45, 2.75) is 0 Å². The van der Waals surface area contributed by atoms with E-state index in [1.165, 1.54) is 14.8 Å². The summed E-state index contributed by atoms with van der Waals surface area (Å²) < 4.78 is 8.63. The van der Waals surface area contributed by atoms with E-state index in [9.17, 15) is 0 Å². The zero-order valence-electron chi connectivity index (χ0n) is 23.4. The van der Waals surface area contributed by atoms with Crippen molar-refractivity contribution in [2.24, 2.45) is 0 Å². The minimum atomic E-state index is 0.658. The second-order valence-corrected chi connectivity index (χ2v) is 11.9. The molecule has 5 heteroatoms. The molecule has 0 aliphatic heterocycles. The Morgan fingerprint density at radius 2 is 1.05 bits per heavy atom. The standard InChI is InChI=1S/C39H23N3OS/c1-3-10-24(11-4-1)37-40-38(25-12-5-2-6-13-25)42-39(41-37)30-15-9-17-35-36(30)31-22-26(19-21-34(31)44-35)27-18-20-29-28-14-7-8-16-32(28)43-33(29)23-27/h1-23H. The average Bonchev–Trinajstić information content (AvgIpc) is 3.66. The fourth-order valence-electron chi connectivity index (χ4n) is 6.03. The van der Waals surface area contributed by atoms with Gasteiger partial charge in [-0.2, -0.15) is 0 Å². The fourth-order valence-corrected chi connectivity index (χ4v) is 7.14. The molecule has 0 amide bonds. The molecule has 3 heterocycles. The van der Waals surface area contributed by atoms with Crippen LogP contribution in [-0.4, -0.2) is 15.0 Å². The Bertz CT molecular complexity index is 2440. The summed E-state index contributed by atoms with van der Waals surface area (Å²) in [6, 6.07) is 48.0. The maximum absolute atomic E-state index is 6.21. The molecule has 9 aromatic rings. The number of furan rings is 1. The molecular formula is C39H23N3OS. The third-order valence-corrected chi connectivity index (χ3v) is 9.28.